The van der Waals surface area contributed by atoms with Crippen molar-refractivity contribution in [3.8, 4) is 0 Å². The van der Waals surface area contributed by atoms with Gasteiger partial charge in [0.25, 0.3) is 0 Å². The highest BCUT2D eigenvalue weighted by atomic mass is 32.2. The van der Waals surface area contributed by atoms with E-state index in [-0.39, 0.29) is 23.5 Å². The molecule has 1 unspecified atom stereocenters. The standard InChI is InChI=1S/C13H24N2O3S/c1-2-15(9-11-4-3-5-11)13(16)8-12-10-19(17,18)7-6-14-12/h11-12,14H,2-10H2,1H3. The van der Waals surface area contributed by atoms with Crippen LogP contribution in [0.15, 0.2) is 0 Å². The largest absolute Gasteiger partial charge is 0.343 e. The quantitative estimate of drug-likeness (QED) is 0.796. The number of hydrogen-bond acceptors (Lipinski definition) is 4. The monoisotopic (exact) mass is 288 g/mol. The van der Waals surface area contributed by atoms with E-state index in [0.717, 1.165) is 13.1 Å². The minimum absolute atomic E-state index is 0.0870. The van der Waals surface area contributed by atoms with Crippen LogP contribution in [0.25, 0.3) is 0 Å². The van der Waals surface area contributed by atoms with Crippen LogP contribution in [0.3, 0.4) is 0 Å². The summed E-state index contributed by atoms with van der Waals surface area (Å²) in [5.41, 5.74) is 0. The van der Waals surface area contributed by atoms with Gasteiger partial charge in [0, 0.05) is 32.1 Å². The van der Waals surface area contributed by atoms with Crippen LogP contribution in [-0.2, 0) is 14.6 Å². The second-order valence-corrected chi connectivity index (χ2v) is 7.93. The lowest BCUT2D eigenvalue weighted by molar-refractivity contribution is -0.132. The Bertz CT molecular complexity index is 418. The summed E-state index contributed by atoms with van der Waals surface area (Å²) in [6.07, 6.45) is 4.03. The fourth-order valence-electron chi connectivity index (χ4n) is 2.73. The van der Waals surface area contributed by atoms with Crippen LogP contribution in [0.5, 0.6) is 0 Å². The van der Waals surface area contributed by atoms with Gasteiger partial charge in [-0.3, -0.25) is 4.79 Å². The number of carbonyl (C=O) groups excluding carboxylic acids is 1. The number of rotatable bonds is 5. The Morgan fingerprint density at radius 3 is 2.63 bits per heavy atom. The first-order valence-electron chi connectivity index (χ1n) is 7.22. The van der Waals surface area contributed by atoms with Crippen molar-refractivity contribution in [2.45, 2.75) is 38.6 Å². The lowest BCUT2D eigenvalue weighted by atomic mass is 9.85. The molecule has 1 heterocycles. The van der Waals surface area contributed by atoms with Crippen molar-refractivity contribution in [3.63, 3.8) is 0 Å². The minimum atomic E-state index is -2.96. The first kappa shape index (κ1) is 14.8. The molecule has 2 aliphatic rings. The molecule has 2 fully saturated rings. The molecule has 1 amide bonds. The normalized spacial score (nSPS) is 26.7. The van der Waals surface area contributed by atoms with Crippen molar-refractivity contribution in [2.24, 2.45) is 5.92 Å². The van der Waals surface area contributed by atoms with E-state index in [4.69, 9.17) is 0 Å². The molecule has 2 rings (SSSR count). The summed E-state index contributed by atoms with van der Waals surface area (Å²) in [6, 6.07) is -0.207. The lowest BCUT2D eigenvalue weighted by Gasteiger charge is -2.33. The molecule has 1 aliphatic heterocycles. The van der Waals surface area contributed by atoms with E-state index in [1.54, 1.807) is 0 Å². The van der Waals surface area contributed by atoms with Crippen LogP contribution in [0.2, 0.25) is 0 Å². The highest BCUT2D eigenvalue weighted by Crippen LogP contribution is 2.27. The molecule has 0 spiro atoms. The molecule has 19 heavy (non-hydrogen) atoms. The number of nitrogens with one attached hydrogen (secondary N) is 1. The molecule has 1 aliphatic carbocycles. The second-order valence-electron chi connectivity index (χ2n) is 5.70. The zero-order valence-corrected chi connectivity index (χ0v) is 12.4. The van der Waals surface area contributed by atoms with Crippen molar-refractivity contribution in [1.82, 2.24) is 10.2 Å². The Kier molecular flexibility index (Phi) is 4.84. The van der Waals surface area contributed by atoms with Crippen LogP contribution >= 0.6 is 0 Å². The van der Waals surface area contributed by atoms with E-state index < -0.39 is 9.84 Å². The van der Waals surface area contributed by atoms with Crippen LogP contribution in [0.4, 0.5) is 0 Å². The molecule has 0 aromatic carbocycles. The van der Waals surface area contributed by atoms with Gasteiger partial charge in [-0.1, -0.05) is 6.42 Å². The van der Waals surface area contributed by atoms with E-state index in [2.05, 4.69) is 5.32 Å². The Morgan fingerprint density at radius 2 is 2.11 bits per heavy atom. The van der Waals surface area contributed by atoms with Crippen LogP contribution in [-0.4, -0.2) is 56.4 Å². The zero-order valence-electron chi connectivity index (χ0n) is 11.6. The molecular weight excluding hydrogens is 264 g/mol. The van der Waals surface area contributed by atoms with Gasteiger partial charge in [-0.2, -0.15) is 0 Å². The summed E-state index contributed by atoms with van der Waals surface area (Å²) >= 11 is 0. The number of amides is 1. The van der Waals surface area contributed by atoms with Crippen molar-refractivity contribution in [2.75, 3.05) is 31.1 Å². The van der Waals surface area contributed by atoms with Crippen LogP contribution in [0, 0.1) is 5.92 Å². The zero-order chi connectivity index (χ0) is 13.9. The lowest BCUT2D eigenvalue weighted by Crippen LogP contribution is -2.48. The molecular formula is C13H24N2O3S. The van der Waals surface area contributed by atoms with Gasteiger partial charge in [0.15, 0.2) is 9.84 Å². The van der Waals surface area contributed by atoms with E-state index >= 15 is 0 Å². The van der Waals surface area contributed by atoms with Gasteiger partial charge in [0.1, 0.15) is 0 Å². The molecule has 110 valence electrons. The number of nitrogens with zero attached hydrogens (tertiary/aromatic N) is 1. The van der Waals surface area contributed by atoms with Gasteiger partial charge in [0.05, 0.1) is 11.5 Å². The molecule has 0 radical (unpaired) electrons. The SMILES string of the molecule is CCN(CC1CCC1)C(=O)CC1CS(=O)(=O)CCN1. The third kappa shape index (κ3) is 4.18. The first-order valence-corrected chi connectivity index (χ1v) is 9.04. The van der Waals surface area contributed by atoms with Gasteiger partial charge in [-0.15, -0.1) is 0 Å². The summed E-state index contributed by atoms with van der Waals surface area (Å²) in [4.78, 5) is 14.1. The van der Waals surface area contributed by atoms with Gasteiger partial charge >= 0.3 is 0 Å². The molecule has 1 saturated heterocycles. The molecule has 1 N–H and O–H groups in total. The molecule has 0 aromatic rings. The molecule has 6 heteroatoms. The summed E-state index contributed by atoms with van der Waals surface area (Å²) in [6.45, 7) is 4.01. The minimum Gasteiger partial charge on any atom is -0.343 e. The van der Waals surface area contributed by atoms with E-state index in [1.807, 2.05) is 11.8 Å². The summed E-state index contributed by atoms with van der Waals surface area (Å²) in [7, 11) is -2.96. The van der Waals surface area contributed by atoms with Crippen molar-refractivity contribution >= 4 is 15.7 Å². The number of carbonyl (C=O) groups is 1. The molecule has 1 atom stereocenters. The van der Waals surface area contributed by atoms with Crippen molar-refractivity contribution < 1.29 is 13.2 Å². The van der Waals surface area contributed by atoms with E-state index in [1.165, 1.54) is 19.3 Å². The number of hydrogen-bond donors (Lipinski definition) is 1. The molecule has 1 saturated carbocycles. The first-order chi connectivity index (χ1) is 9.00. The highest BCUT2D eigenvalue weighted by molar-refractivity contribution is 7.91. The average molecular weight is 288 g/mol. The van der Waals surface area contributed by atoms with Gasteiger partial charge in [-0.05, 0) is 25.7 Å². The van der Waals surface area contributed by atoms with Crippen molar-refractivity contribution in [3.05, 3.63) is 0 Å². The van der Waals surface area contributed by atoms with E-state index in [9.17, 15) is 13.2 Å². The summed E-state index contributed by atoms with van der Waals surface area (Å²) < 4.78 is 23.1. The van der Waals surface area contributed by atoms with Gasteiger partial charge < -0.3 is 10.2 Å². The Morgan fingerprint density at radius 1 is 1.37 bits per heavy atom. The predicted octanol–water partition coefficient (Wildman–Crippen LogP) is 0.412. The molecule has 0 bridgehead atoms. The number of sulfone groups is 1. The highest BCUT2D eigenvalue weighted by Gasteiger charge is 2.28. The topological polar surface area (TPSA) is 66.5 Å². The fourth-order valence-corrected chi connectivity index (χ4v) is 4.18. The third-order valence-electron chi connectivity index (χ3n) is 4.16. The Hall–Kier alpha value is -0.620. The van der Waals surface area contributed by atoms with Crippen LogP contribution < -0.4 is 5.32 Å². The summed E-state index contributed by atoms with van der Waals surface area (Å²) in [5, 5.41) is 3.14. The maximum atomic E-state index is 12.2. The maximum Gasteiger partial charge on any atom is 0.224 e. The smallest absolute Gasteiger partial charge is 0.224 e. The summed E-state index contributed by atoms with van der Waals surface area (Å²) in [5.74, 6) is 1.03. The Labute approximate surface area is 115 Å². The van der Waals surface area contributed by atoms with Crippen molar-refractivity contribution in [1.29, 1.82) is 0 Å². The van der Waals surface area contributed by atoms with E-state index in [0.29, 0.717) is 18.9 Å². The van der Waals surface area contributed by atoms with Gasteiger partial charge in [0.2, 0.25) is 5.91 Å². The average Bonchev–Trinajstić information content (AvgIpc) is 2.26. The van der Waals surface area contributed by atoms with Gasteiger partial charge in [-0.25, -0.2) is 8.42 Å². The second kappa shape index (κ2) is 6.22. The van der Waals surface area contributed by atoms with Crippen LogP contribution in [0.1, 0.15) is 32.6 Å². The third-order valence-corrected chi connectivity index (χ3v) is 5.90. The predicted molar refractivity (Wildman–Crippen MR) is 74.7 cm³/mol. The molecule has 0 aromatic heterocycles. The molecule has 5 nitrogen and oxygen atoms in total. The Balaban J connectivity index is 1.84. The maximum absolute atomic E-state index is 12.2. The fraction of sp³-hybridized carbons (Fsp3) is 0.923.